The molecule has 0 aliphatic carbocycles. The molecule has 0 unspecified atom stereocenters. The first-order chi connectivity index (χ1) is 8.20. The zero-order chi connectivity index (χ0) is 12.3. The zero-order valence-electron chi connectivity index (χ0n) is 9.61. The lowest BCUT2D eigenvalue weighted by atomic mass is 10.2. The van der Waals surface area contributed by atoms with Crippen LogP contribution in [0.3, 0.4) is 0 Å². The van der Waals surface area contributed by atoms with Crippen LogP contribution in [0, 0.1) is 6.92 Å². The molecule has 0 fully saturated rings. The molecule has 2 aromatic rings. The highest BCUT2D eigenvalue weighted by molar-refractivity contribution is 6.31. The maximum atomic E-state index is 6.07. The maximum absolute atomic E-state index is 6.07. The maximum Gasteiger partial charge on any atom is 0.133 e. The van der Waals surface area contributed by atoms with E-state index < -0.39 is 0 Å². The van der Waals surface area contributed by atoms with Crippen molar-refractivity contribution in [2.45, 2.75) is 13.5 Å². The summed E-state index contributed by atoms with van der Waals surface area (Å²) in [5, 5.41) is 0.637. The minimum atomic E-state index is 0.362. The molecule has 2 aromatic carbocycles. The van der Waals surface area contributed by atoms with E-state index in [-0.39, 0.29) is 0 Å². The third-order valence-corrected chi connectivity index (χ3v) is 2.85. The molecule has 0 radical (unpaired) electrons. The summed E-state index contributed by atoms with van der Waals surface area (Å²) in [6.07, 6.45) is 0. The molecule has 0 heterocycles. The lowest BCUT2D eigenvalue weighted by Gasteiger charge is -2.11. The Morgan fingerprint density at radius 3 is 2.65 bits per heavy atom. The van der Waals surface area contributed by atoms with E-state index in [1.165, 1.54) is 0 Å². The van der Waals surface area contributed by atoms with Gasteiger partial charge in [-0.15, -0.1) is 0 Å². The predicted molar refractivity (Wildman–Crippen MR) is 70.6 cm³/mol. The Labute approximate surface area is 106 Å². The second-order valence-electron chi connectivity index (χ2n) is 3.84. The van der Waals surface area contributed by atoms with Crippen molar-refractivity contribution in [3.63, 3.8) is 0 Å². The fourth-order valence-electron chi connectivity index (χ4n) is 1.64. The van der Waals surface area contributed by atoms with Crippen molar-refractivity contribution in [1.29, 1.82) is 0 Å². The summed E-state index contributed by atoms with van der Waals surface area (Å²) in [7, 11) is 0. The smallest absolute Gasteiger partial charge is 0.133 e. The molecule has 2 nitrogen and oxygen atoms in total. The van der Waals surface area contributed by atoms with E-state index >= 15 is 0 Å². The molecule has 0 saturated heterocycles. The van der Waals surface area contributed by atoms with Gasteiger partial charge in [0, 0.05) is 17.1 Å². The van der Waals surface area contributed by atoms with E-state index in [0.717, 1.165) is 16.9 Å². The van der Waals surface area contributed by atoms with Crippen LogP contribution in [0.15, 0.2) is 42.5 Å². The summed E-state index contributed by atoms with van der Waals surface area (Å²) in [6, 6.07) is 13.4. The summed E-state index contributed by atoms with van der Waals surface area (Å²) in [6.45, 7) is 2.38. The minimum absolute atomic E-state index is 0.362. The standard InChI is InChI=1S/C14H14ClNO/c1-10-4-2-5-11(8-10)17-14-7-3-6-13(15)12(14)9-16/h2-8H,9,16H2,1H3. The first kappa shape index (κ1) is 12.0. The zero-order valence-corrected chi connectivity index (χ0v) is 10.4. The molecule has 88 valence electrons. The molecule has 0 bridgehead atoms. The topological polar surface area (TPSA) is 35.2 Å². The number of nitrogens with two attached hydrogens (primary N) is 1. The van der Waals surface area contributed by atoms with Crippen LogP contribution in [0.5, 0.6) is 11.5 Å². The number of halogens is 1. The van der Waals surface area contributed by atoms with E-state index in [4.69, 9.17) is 22.1 Å². The average Bonchev–Trinajstić information content (AvgIpc) is 2.29. The van der Waals surface area contributed by atoms with Gasteiger partial charge in [-0.2, -0.15) is 0 Å². The van der Waals surface area contributed by atoms with Gasteiger partial charge in [-0.25, -0.2) is 0 Å². The van der Waals surface area contributed by atoms with Crippen molar-refractivity contribution in [2.24, 2.45) is 5.73 Å². The Morgan fingerprint density at radius 2 is 1.94 bits per heavy atom. The fourth-order valence-corrected chi connectivity index (χ4v) is 1.88. The van der Waals surface area contributed by atoms with Gasteiger partial charge in [0.15, 0.2) is 0 Å². The van der Waals surface area contributed by atoms with E-state index in [1.807, 2.05) is 49.4 Å². The van der Waals surface area contributed by atoms with Crippen LogP contribution in [-0.2, 0) is 6.54 Å². The molecule has 0 aliphatic heterocycles. The number of hydrogen-bond acceptors (Lipinski definition) is 2. The molecule has 2 rings (SSSR count). The van der Waals surface area contributed by atoms with Gasteiger partial charge < -0.3 is 10.5 Å². The predicted octanol–water partition coefficient (Wildman–Crippen LogP) is 3.90. The van der Waals surface area contributed by atoms with Crippen molar-refractivity contribution in [2.75, 3.05) is 0 Å². The van der Waals surface area contributed by atoms with Gasteiger partial charge in [-0.05, 0) is 36.8 Å². The highest BCUT2D eigenvalue weighted by Gasteiger charge is 2.07. The van der Waals surface area contributed by atoms with E-state index in [1.54, 1.807) is 0 Å². The lowest BCUT2D eigenvalue weighted by molar-refractivity contribution is 0.476. The van der Waals surface area contributed by atoms with Crippen molar-refractivity contribution in [3.05, 3.63) is 58.6 Å². The third-order valence-electron chi connectivity index (χ3n) is 2.50. The van der Waals surface area contributed by atoms with Gasteiger partial charge in [0.2, 0.25) is 0 Å². The summed E-state index contributed by atoms with van der Waals surface area (Å²) in [5.41, 5.74) is 7.65. The normalized spacial score (nSPS) is 10.3. The van der Waals surface area contributed by atoms with Crippen LogP contribution in [0.1, 0.15) is 11.1 Å². The first-order valence-electron chi connectivity index (χ1n) is 5.42. The van der Waals surface area contributed by atoms with Gasteiger partial charge in [0.1, 0.15) is 11.5 Å². The molecule has 17 heavy (non-hydrogen) atoms. The Bertz CT molecular complexity index is 525. The summed E-state index contributed by atoms with van der Waals surface area (Å²) in [5.74, 6) is 1.51. The number of hydrogen-bond donors (Lipinski definition) is 1. The summed E-state index contributed by atoms with van der Waals surface area (Å²) in [4.78, 5) is 0. The van der Waals surface area contributed by atoms with Gasteiger partial charge in [0.05, 0.1) is 0 Å². The number of benzene rings is 2. The third kappa shape index (κ3) is 2.78. The quantitative estimate of drug-likeness (QED) is 0.893. The van der Waals surface area contributed by atoms with Crippen LogP contribution < -0.4 is 10.5 Å². The minimum Gasteiger partial charge on any atom is -0.457 e. The second-order valence-corrected chi connectivity index (χ2v) is 4.25. The van der Waals surface area contributed by atoms with Crippen LogP contribution in [0.4, 0.5) is 0 Å². The Kier molecular flexibility index (Phi) is 3.67. The van der Waals surface area contributed by atoms with Gasteiger partial charge in [-0.1, -0.05) is 29.8 Å². The van der Waals surface area contributed by atoms with E-state index in [0.29, 0.717) is 17.3 Å². The largest absolute Gasteiger partial charge is 0.457 e. The Morgan fingerprint density at radius 1 is 1.18 bits per heavy atom. The monoisotopic (exact) mass is 247 g/mol. The molecular formula is C14H14ClNO. The van der Waals surface area contributed by atoms with Crippen LogP contribution in [-0.4, -0.2) is 0 Å². The second kappa shape index (κ2) is 5.21. The van der Waals surface area contributed by atoms with Crippen molar-refractivity contribution < 1.29 is 4.74 Å². The molecule has 0 atom stereocenters. The molecule has 0 spiro atoms. The number of ether oxygens (including phenoxy) is 1. The molecule has 0 saturated carbocycles. The SMILES string of the molecule is Cc1cccc(Oc2cccc(Cl)c2CN)c1. The van der Waals surface area contributed by atoms with Gasteiger partial charge in [-0.3, -0.25) is 0 Å². The van der Waals surface area contributed by atoms with Gasteiger partial charge in [0.25, 0.3) is 0 Å². The molecular weight excluding hydrogens is 234 g/mol. The Balaban J connectivity index is 2.33. The van der Waals surface area contributed by atoms with E-state index in [9.17, 15) is 0 Å². The van der Waals surface area contributed by atoms with Crippen LogP contribution in [0.25, 0.3) is 0 Å². The lowest BCUT2D eigenvalue weighted by Crippen LogP contribution is -2.00. The Hall–Kier alpha value is -1.51. The van der Waals surface area contributed by atoms with E-state index in [2.05, 4.69) is 0 Å². The van der Waals surface area contributed by atoms with Crippen LogP contribution >= 0.6 is 11.6 Å². The van der Waals surface area contributed by atoms with Crippen molar-refractivity contribution >= 4 is 11.6 Å². The molecule has 0 aliphatic rings. The van der Waals surface area contributed by atoms with Gasteiger partial charge >= 0.3 is 0 Å². The summed E-state index contributed by atoms with van der Waals surface area (Å²) < 4.78 is 5.80. The fraction of sp³-hybridized carbons (Fsp3) is 0.143. The summed E-state index contributed by atoms with van der Waals surface area (Å²) >= 11 is 6.07. The molecule has 3 heteroatoms. The van der Waals surface area contributed by atoms with Crippen molar-refractivity contribution in [1.82, 2.24) is 0 Å². The molecule has 0 amide bonds. The average molecular weight is 248 g/mol. The van der Waals surface area contributed by atoms with Crippen molar-refractivity contribution in [3.8, 4) is 11.5 Å². The first-order valence-corrected chi connectivity index (χ1v) is 5.80. The number of aryl methyl sites for hydroxylation is 1. The highest BCUT2D eigenvalue weighted by Crippen LogP contribution is 2.30. The molecule has 0 aromatic heterocycles. The number of rotatable bonds is 3. The highest BCUT2D eigenvalue weighted by atomic mass is 35.5. The van der Waals surface area contributed by atoms with Crippen LogP contribution in [0.2, 0.25) is 5.02 Å². The molecule has 2 N–H and O–H groups in total.